The largest absolute Gasteiger partial charge is 0.500 e. The molecule has 0 amide bonds. The molecule has 0 N–H and O–H groups in total. The normalized spacial score (nSPS) is 12.3. The zero-order chi connectivity index (χ0) is 28.7. The molecule has 0 saturated heterocycles. The first-order valence-corrected chi connectivity index (χ1v) is 22.7. The van der Waals surface area contributed by atoms with E-state index in [2.05, 4.69) is 50.2 Å². The molecule has 2 rings (SSSR count). The van der Waals surface area contributed by atoms with Gasteiger partial charge in [-0.25, -0.2) is 0 Å². The lowest BCUT2D eigenvalue weighted by Crippen LogP contribution is -2.42. The molecule has 0 unspecified atom stereocenters. The van der Waals surface area contributed by atoms with Gasteiger partial charge in [0, 0.05) is 64.5 Å². The van der Waals surface area contributed by atoms with Gasteiger partial charge in [-0.3, -0.25) is 0 Å². The molecular formula is C26H42O6S5Si2. The Morgan fingerprint density at radius 1 is 0.538 bits per heavy atom. The highest BCUT2D eigenvalue weighted by molar-refractivity contribution is 9.35. The fraction of sp³-hybridized carbons (Fsp3) is 0.538. The summed E-state index contributed by atoms with van der Waals surface area (Å²) in [6, 6.07) is 14.7. The molecule has 0 radical (unpaired) electrons. The first kappa shape index (κ1) is 35.6. The van der Waals surface area contributed by atoms with Crippen molar-refractivity contribution >= 4 is 68.7 Å². The standard InChI is InChI=1S/C26H42O6S5Si2/c1-21-13-9-15-23(17-11-19-38(27-3,28-4)29-5)25(21)33-35-37-36-34-26-22(2)14-10-16-24(26)18-12-20-39(30-6,31-7)32-8/h9-10,13-16H,11-12,17-20H2,1-8H3. The van der Waals surface area contributed by atoms with Crippen LogP contribution in [0.4, 0.5) is 0 Å². The van der Waals surface area contributed by atoms with Gasteiger partial charge in [0.15, 0.2) is 0 Å². The van der Waals surface area contributed by atoms with Crippen molar-refractivity contribution in [2.75, 3.05) is 42.7 Å². The average Bonchev–Trinajstić information content (AvgIpc) is 2.96. The third kappa shape index (κ3) is 10.9. The molecule has 220 valence electrons. The Hall–Kier alpha value is 0.384. The quantitative estimate of drug-likeness (QED) is 0.0775. The van der Waals surface area contributed by atoms with Gasteiger partial charge in [0.25, 0.3) is 0 Å². The van der Waals surface area contributed by atoms with Crippen LogP contribution in [-0.2, 0) is 39.4 Å². The van der Waals surface area contributed by atoms with Crippen LogP contribution in [0.15, 0.2) is 46.2 Å². The minimum atomic E-state index is -2.54. The van der Waals surface area contributed by atoms with Crippen LogP contribution in [0.25, 0.3) is 0 Å². The summed E-state index contributed by atoms with van der Waals surface area (Å²) in [7, 11) is 14.1. The molecule has 0 saturated carbocycles. The lowest BCUT2D eigenvalue weighted by atomic mass is 10.1. The summed E-state index contributed by atoms with van der Waals surface area (Å²) in [6.45, 7) is 4.37. The summed E-state index contributed by atoms with van der Waals surface area (Å²) < 4.78 is 33.5. The van der Waals surface area contributed by atoms with E-state index in [4.69, 9.17) is 26.6 Å². The Kier molecular flexibility index (Phi) is 17.2. The fourth-order valence-electron chi connectivity index (χ4n) is 4.27. The van der Waals surface area contributed by atoms with Gasteiger partial charge in [0.1, 0.15) is 0 Å². The van der Waals surface area contributed by atoms with Crippen LogP contribution in [-0.4, -0.2) is 60.3 Å². The second-order valence-electron chi connectivity index (χ2n) is 8.79. The Balaban J connectivity index is 1.90. The SMILES string of the molecule is CO[Si](CCCc1cccc(C)c1SSSSSc1c(C)cccc1CCC[Si](OC)(OC)OC)(OC)OC. The molecule has 0 aliphatic rings. The number of aryl methyl sites for hydroxylation is 4. The smallest absolute Gasteiger partial charge is 0.377 e. The zero-order valence-electron chi connectivity index (χ0n) is 24.2. The topological polar surface area (TPSA) is 55.4 Å². The lowest BCUT2D eigenvalue weighted by molar-refractivity contribution is 0.122. The van der Waals surface area contributed by atoms with E-state index in [0.717, 1.165) is 37.8 Å². The maximum Gasteiger partial charge on any atom is 0.500 e. The molecule has 0 bridgehead atoms. The minimum Gasteiger partial charge on any atom is -0.377 e. The Labute approximate surface area is 256 Å². The summed E-state index contributed by atoms with van der Waals surface area (Å²) in [5.74, 6) is 0. The molecule has 0 aliphatic heterocycles. The fourth-order valence-corrected chi connectivity index (χ4v) is 16.8. The number of hydrogen-bond donors (Lipinski definition) is 0. The molecule has 2 aromatic carbocycles. The van der Waals surface area contributed by atoms with Crippen LogP contribution >= 0.6 is 51.1 Å². The van der Waals surface area contributed by atoms with Crippen molar-refractivity contribution in [1.82, 2.24) is 0 Å². The molecule has 0 aliphatic carbocycles. The second-order valence-corrected chi connectivity index (χ2v) is 22.4. The minimum absolute atomic E-state index is 0.799. The molecule has 13 heteroatoms. The molecule has 39 heavy (non-hydrogen) atoms. The predicted octanol–water partition coefficient (Wildman–Crippen LogP) is 8.67. The van der Waals surface area contributed by atoms with Crippen LogP contribution in [0.1, 0.15) is 35.1 Å². The van der Waals surface area contributed by atoms with E-state index in [1.807, 2.05) is 51.1 Å². The molecular weight excluding hydrogens is 625 g/mol. The van der Waals surface area contributed by atoms with Gasteiger partial charge in [-0.2, -0.15) is 0 Å². The van der Waals surface area contributed by atoms with E-state index >= 15 is 0 Å². The summed E-state index contributed by atoms with van der Waals surface area (Å²) >= 11 is 0. The van der Waals surface area contributed by atoms with Crippen molar-refractivity contribution in [1.29, 1.82) is 0 Å². The molecule has 6 nitrogen and oxygen atoms in total. The van der Waals surface area contributed by atoms with E-state index < -0.39 is 17.6 Å². The molecule has 0 fully saturated rings. The van der Waals surface area contributed by atoms with Gasteiger partial charge in [-0.1, -0.05) is 36.4 Å². The average molecular weight is 667 g/mol. The third-order valence-corrected chi connectivity index (χ3v) is 21.0. The predicted molar refractivity (Wildman–Crippen MR) is 177 cm³/mol. The summed E-state index contributed by atoms with van der Waals surface area (Å²) in [5.41, 5.74) is 5.34. The highest BCUT2D eigenvalue weighted by Crippen LogP contribution is 2.54. The van der Waals surface area contributed by atoms with Crippen LogP contribution in [0, 0.1) is 13.8 Å². The second kappa shape index (κ2) is 18.8. The van der Waals surface area contributed by atoms with E-state index in [1.165, 1.54) is 32.0 Å². The molecule has 0 aromatic heterocycles. The van der Waals surface area contributed by atoms with Crippen LogP contribution < -0.4 is 0 Å². The molecule has 0 atom stereocenters. The van der Waals surface area contributed by atoms with E-state index in [9.17, 15) is 0 Å². The number of hydrogen-bond acceptors (Lipinski definition) is 11. The van der Waals surface area contributed by atoms with Gasteiger partial charge in [0.05, 0.1) is 0 Å². The summed E-state index contributed by atoms with van der Waals surface area (Å²) in [4.78, 5) is 2.69. The van der Waals surface area contributed by atoms with Gasteiger partial charge >= 0.3 is 17.6 Å². The molecule has 0 heterocycles. The van der Waals surface area contributed by atoms with Crippen LogP contribution in [0.2, 0.25) is 12.1 Å². The van der Waals surface area contributed by atoms with Gasteiger partial charge in [0.2, 0.25) is 0 Å². The lowest BCUT2D eigenvalue weighted by Gasteiger charge is -2.24. The Morgan fingerprint density at radius 3 is 1.23 bits per heavy atom. The Morgan fingerprint density at radius 2 is 0.897 bits per heavy atom. The number of benzene rings is 2. The van der Waals surface area contributed by atoms with Gasteiger partial charge in [-0.15, -0.1) is 0 Å². The molecule has 0 spiro atoms. The third-order valence-electron chi connectivity index (χ3n) is 6.60. The van der Waals surface area contributed by atoms with Crippen LogP contribution in [0.5, 0.6) is 0 Å². The van der Waals surface area contributed by atoms with Crippen molar-refractivity contribution in [3.05, 3.63) is 58.7 Å². The maximum atomic E-state index is 5.59. The van der Waals surface area contributed by atoms with Crippen molar-refractivity contribution in [2.45, 2.75) is 61.4 Å². The van der Waals surface area contributed by atoms with Crippen molar-refractivity contribution < 1.29 is 26.6 Å². The van der Waals surface area contributed by atoms with Crippen molar-refractivity contribution in [2.24, 2.45) is 0 Å². The molecule has 2 aromatic rings. The first-order valence-electron chi connectivity index (χ1n) is 12.7. The van der Waals surface area contributed by atoms with Crippen molar-refractivity contribution in [3.63, 3.8) is 0 Å². The van der Waals surface area contributed by atoms with Crippen LogP contribution in [0.3, 0.4) is 0 Å². The van der Waals surface area contributed by atoms with Crippen molar-refractivity contribution in [3.8, 4) is 0 Å². The summed E-state index contributed by atoms with van der Waals surface area (Å²) in [6.07, 6.45) is 3.85. The Bertz CT molecular complexity index is 901. The monoisotopic (exact) mass is 666 g/mol. The number of rotatable bonds is 20. The van der Waals surface area contributed by atoms with E-state index in [1.54, 1.807) is 42.7 Å². The highest BCUT2D eigenvalue weighted by Gasteiger charge is 2.37. The zero-order valence-corrected chi connectivity index (χ0v) is 30.3. The van der Waals surface area contributed by atoms with E-state index in [0.29, 0.717) is 0 Å². The van der Waals surface area contributed by atoms with E-state index in [-0.39, 0.29) is 0 Å². The highest BCUT2D eigenvalue weighted by atomic mass is 33.8. The van der Waals surface area contributed by atoms with Gasteiger partial charge < -0.3 is 26.6 Å². The van der Waals surface area contributed by atoms with Gasteiger partial charge in [-0.05, 0) is 113 Å². The summed E-state index contributed by atoms with van der Waals surface area (Å²) in [5, 5.41) is 0. The maximum absolute atomic E-state index is 5.59. The first-order chi connectivity index (χ1) is 18.8.